The third-order valence-corrected chi connectivity index (χ3v) is 3.41. The molecule has 3 rings (SSSR count). The van der Waals surface area contributed by atoms with Gasteiger partial charge in [-0.1, -0.05) is 32.0 Å². The lowest BCUT2D eigenvalue weighted by atomic mass is 10.2. The SMILES string of the molecule is CC.COc1ccc(COc2nn(C)c3cccc(N)c23)cc1. The standard InChI is InChI=1S/C16H17N3O2.C2H6/c1-19-14-5-3-4-13(17)15(14)16(18-19)21-10-11-6-8-12(20-2)9-7-11;1-2/h3-9H,10,17H2,1-2H3;1-2H3. The zero-order valence-corrected chi connectivity index (χ0v) is 14.0. The van der Waals surface area contributed by atoms with E-state index in [0.717, 1.165) is 22.2 Å². The number of fused-ring (bicyclic) bond motifs is 1. The fourth-order valence-electron chi connectivity index (χ4n) is 2.27. The molecule has 1 heterocycles. The number of anilines is 1. The fourth-order valence-corrected chi connectivity index (χ4v) is 2.27. The van der Waals surface area contributed by atoms with E-state index >= 15 is 0 Å². The van der Waals surface area contributed by atoms with Gasteiger partial charge >= 0.3 is 0 Å². The molecule has 0 unspecified atom stereocenters. The van der Waals surface area contributed by atoms with E-state index in [2.05, 4.69) is 5.10 Å². The molecule has 0 radical (unpaired) electrons. The second kappa shape index (κ2) is 7.54. The van der Waals surface area contributed by atoms with Crippen LogP contribution in [0.25, 0.3) is 10.9 Å². The maximum Gasteiger partial charge on any atom is 0.243 e. The molecule has 0 saturated heterocycles. The lowest BCUT2D eigenvalue weighted by Gasteiger charge is -2.05. The molecule has 0 aliphatic heterocycles. The number of ether oxygens (including phenoxy) is 2. The molecule has 1 aromatic heterocycles. The third kappa shape index (κ3) is 3.56. The Labute approximate surface area is 136 Å². The van der Waals surface area contributed by atoms with Crippen LogP contribution in [0.4, 0.5) is 5.69 Å². The summed E-state index contributed by atoms with van der Waals surface area (Å²) in [4.78, 5) is 0. The van der Waals surface area contributed by atoms with Gasteiger partial charge in [-0.15, -0.1) is 5.10 Å². The van der Waals surface area contributed by atoms with Crippen LogP contribution in [-0.4, -0.2) is 16.9 Å². The van der Waals surface area contributed by atoms with Crippen LogP contribution in [0.15, 0.2) is 42.5 Å². The van der Waals surface area contributed by atoms with Gasteiger partial charge in [0.15, 0.2) is 0 Å². The van der Waals surface area contributed by atoms with Crippen molar-refractivity contribution in [2.24, 2.45) is 7.05 Å². The molecule has 5 nitrogen and oxygen atoms in total. The van der Waals surface area contributed by atoms with Gasteiger partial charge < -0.3 is 15.2 Å². The highest BCUT2D eigenvalue weighted by molar-refractivity contribution is 5.95. The summed E-state index contributed by atoms with van der Waals surface area (Å²) < 4.78 is 12.7. The minimum atomic E-state index is 0.435. The summed E-state index contributed by atoms with van der Waals surface area (Å²) in [6, 6.07) is 13.5. The van der Waals surface area contributed by atoms with Crippen LogP contribution < -0.4 is 15.2 Å². The molecule has 5 heteroatoms. The van der Waals surface area contributed by atoms with Gasteiger partial charge in [0.25, 0.3) is 0 Å². The lowest BCUT2D eigenvalue weighted by Crippen LogP contribution is -1.97. The number of aromatic nitrogens is 2. The van der Waals surface area contributed by atoms with E-state index in [0.29, 0.717) is 18.2 Å². The zero-order valence-electron chi connectivity index (χ0n) is 14.0. The predicted octanol–water partition coefficient (Wildman–Crippen LogP) is 3.77. The Balaban J connectivity index is 0.000000924. The number of aryl methyl sites for hydroxylation is 1. The van der Waals surface area contributed by atoms with Crippen LogP contribution in [0.2, 0.25) is 0 Å². The summed E-state index contributed by atoms with van der Waals surface area (Å²) >= 11 is 0. The molecular formula is C18H23N3O2. The second-order valence-corrected chi connectivity index (χ2v) is 4.81. The molecule has 0 fully saturated rings. The van der Waals surface area contributed by atoms with Gasteiger partial charge in [0.2, 0.25) is 5.88 Å². The first kappa shape index (κ1) is 16.7. The molecule has 0 aliphatic carbocycles. The van der Waals surface area contributed by atoms with Crippen molar-refractivity contribution in [2.45, 2.75) is 20.5 Å². The summed E-state index contributed by atoms with van der Waals surface area (Å²) in [5.74, 6) is 1.38. The molecule has 2 aromatic carbocycles. The van der Waals surface area contributed by atoms with Gasteiger partial charge in [-0.25, -0.2) is 0 Å². The molecular weight excluding hydrogens is 290 g/mol. The van der Waals surface area contributed by atoms with Crippen LogP contribution >= 0.6 is 0 Å². The van der Waals surface area contributed by atoms with E-state index in [-0.39, 0.29) is 0 Å². The molecule has 0 atom stereocenters. The highest BCUT2D eigenvalue weighted by atomic mass is 16.5. The Bertz CT molecular complexity index is 764. The summed E-state index contributed by atoms with van der Waals surface area (Å²) in [5.41, 5.74) is 8.70. The molecule has 0 aliphatic rings. The van der Waals surface area contributed by atoms with Gasteiger partial charge in [-0.05, 0) is 29.8 Å². The van der Waals surface area contributed by atoms with Crippen molar-refractivity contribution < 1.29 is 9.47 Å². The minimum absolute atomic E-state index is 0.435. The monoisotopic (exact) mass is 313 g/mol. The highest BCUT2D eigenvalue weighted by Crippen LogP contribution is 2.30. The van der Waals surface area contributed by atoms with Crippen LogP contribution in [0.3, 0.4) is 0 Å². The Morgan fingerprint density at radius 1 is 1.09 bits per heavy atom. The largest absolute Gasteiger partial charge is 0.497 e. The Kier molecular flexibility index (Phi) is 5.46. The topological polar surface area (TPSA) is 62.3 Å². The van der Waals surface area contributed by atoms with E-state index < -0.39 is 0 Å². The maximum atomic E-state index is 6.03. The van der Waals surface area contributed by atoms with Crippen LogP contribution in [-0.2, 0) is 13.7 Å². The van der Waals surface area contributed by atoms with Crippen molar-refractivity contribution in [3.05, 3.63) is 48.0 Å². The van der Waals surface area contributed by atoms with Gasteiger partial charge in [0.05, 0.1) is 18.0 Å². The van der Waals surface area contributed by atoms with Crippen LogP contribution in [0.5, 0.6) is 11.6 Å². The quantitative estimate of drug-likeness (QED) is 0.745. The Morgan fingerprint density at radius 2 is 1.78 bits per heavy atom. The molecule has 0 amide bonds. The number of rotatable bonds is 4. The van der Waals surface area contributed by atoms with Crippen molar-refractivity contribution in [2.75, 3.05) is 12.8 Å². The first-order valence-corrected chi connectivity index (χ1v) is 7.66. The molecule has 23 heavy (non-hydrogen) atoms. The molecule has 122 valence electrons. The molecule has 0 saturated carbocycles. The van der Waals surface area contributed by atoms with E-state index in [1.54, 1.807) is 11.8 Å². The number of nitrogens with two attached hydrogens (primary N) is 1. The van der Waals surface area contributed by atoms with Gasteiger partial charge in [0.1, 0.15) is 12.4 Å². The predicted molar refractivity (Wildman–Crippen MR) is 93.8 cm³/mol. The Hall–Kier alpha value is -2.69. The smallest absolute Gasteiger partial charge is 0.243 e. The molecule has 3 aromatic rings. The third-order valence-electron chi connectivity index (χ3n) is 3.41. The summed E-state index contributed by atoms with van der Waals surface area (Å²) in [5, 5.41) is 5.24. The number of nitrogens with zero attached hydrogens (tertiary/aromatic N) is 2. The van der Waals surface area contributed by atoms with Crippen molar-refractivity contribution in [1.82, 2.24) is 9.78 Å². The highest BCUT2D eigenvalue weighted by Gasteiger charge is 2.12. The molecule has 2 N–H and O–H groups in total. The Morgan fingerprint density at radius 3 is 2.43 bits per heavy atom. The van der Waals surface area contributed by atoms with Crippen molar-refractivity contribution in [3.63, 3.8) is 0 Å². The average molecular weight is 313 g/mol. The van der Waals surface area contributed by atoms with Crippen molar-refractivity contribution in [1.29, 1.82) is 0 Å². The van der Waals surface area contributed by atoms with Crippen LogP contribution in [0, 0.1) is 0 Å². The zero-order chi connectivity index (χ0) is 16.8. The van der Waals surface area contributed by atoms with Gasteiger partial charge in [-0.3, -0.25) is 4.68 Å². The molecule has 0 spiro atoms. The van der Waals surface area contributed by atoms with Gasteiger partial charge in [-0.2, -0.15) is 0 Å². The molecule has 0 bridgehead atoms. The lowest BCUT2D eigenvalue weighted by molar-refractivity contribution is 0.294. The minimum Gasteiger partial charge on any atom is -0.497 e. The number of nitrogen functional groups attached to an aromatic ring is 1. The van der Waals surface area contributed by atoms with Gasteiger partial charge in [0, 0.05) is 12.7 Å². The number of methoxy groups -OCH3 is 1. The van der Waals surface area contributed by atoms with E-state index in [9.17, 15) is 0 Å². The normalized spacial score (nSPS) is 10.1. The van der Waals surface area contributed by atoms with Crippen molar-refractivity contribution in [3.8, 4) is 11.6 Å². The summed E-state index contributed by atoms with van der Waals surface area (Å²) in [6.07, 6.45) is 0. The maximum absolute atomic E-state index is 6.03. The van der Waals surface area contributed by atoms with E-state index in [4.69, 9.17) is 15.2 Å². The van der Waals surface area contributed by atoms with E-state index in [1.807, 2.05) is 63.4 Å². The van der Waals surface area contributed by atoms with E-state index in [1.165, 1.54) is 0 Å². The first-order chi connectivity index (χ1) is 11.2. The summed E-state index contributed by atoms with van der Waals surface area (Å²) in [7, 11) is 3.52. The summed E-state index contributed by atoms with van der Waals surface area (Å²) in [6.45, 7) is 4.43. The second-order valence-electron chi connectivity index (χ2n) is 4.81. The fraction of sp³-hybridized carbons (Fsp3) is 0.278. The number of hydrogen-bond donors (Lipinski definition) is 1. The average Bonchev–Trinajstić information content (AvgIpc) is 2.93. The first-order valence-electron chi connectivity index (χ1n) is 7.66. The van der Waals surface area contributed by atoms with Crippen molar-refractivity contribution >= 4 is 16.6 Å². The number of benzene rings is 2. The van der Waals surface area contributed by atoms with Crippen LogP contribution in [0.1, 0.15) is 19.4 Å². The number of hydrogen-bond acceptors (Lipinski definition) is 4.